The zero-order valence-corrected chi connectivity index (χ0v) is 20.6. The summed E-state index contributed by atoms with van der Waals surface area (Å²) >= 11 is 7.18. The van der Waals surface area contributed by atoms with E-state index in [9.17, 15) is 14.7 Å². The number of carboxylic acid groups (broad SMARTS) is 1. The largest absolute Gasteiger partial charge is 0.477 e. The second kappa shape index (κ2) is 10.1. The van der Waals surface area contributed by atoms with Gasteiger partial charge in [0.2, 0.25) is 0 Å². The summed E-state index contributed by atoms with van der Waals surface area (Å²) in [5.41, 5.74) is 1.42. The van der Waals surface area contributed by atoms with Gasteiger partial charge in [0.25, 0.3) is 5.91 Å². The molecule has 1 amide bonds. The van der Waals surface area contributed by atoms with Gasteiger partial charge >= 0.3 is 5.97 Å². The number of carboxylic acids is 1. The number of halogens is 1. The highest BCUT2D eigenvalue weighted by atomic mass is 35.5. The summed E-state index contributed by atoms with van der Waals surface area (Å²) in [6.45, 7) is 5.40. The number of aromatic nitrogens is 5. The lowest BCUT2D eigenvalue weighted by atomic mass is 10.0. The van der Waals surface area contributed by atoms with E-state index in [1.54, 1.807) is 20.0 Å². The third-order valence-corrected chi connectivity index (χ3v) is 7.11. The lowest BCUT2D eigenvalue weighted by Crippen LogP contribution is -2.55. The minimum atomic E-state index is -1.07. The molecule has 3 N–H and O–H groups in total. The number of hydrogen-bond donors (Lipinski definition) is 3. The van der Waals surface area contributed by atoms with Gasteiger partial charge in [0.1, 0.15) is 22.6 Å². The van der Waals surface area contributed by atoms with Crippen LogP contribution in [0.25, 0.3) is 11.5 Å². The molecule has 0 spiro atoms. The molecule has 11 nitrogen and oxygen atoms in total. The van der Waals surface area contributed by atoms with E-state index in [1.807, 2.05) is 11.8 Å². The van der Waals surface area contributed by atoms with Crippen LogP contribution >= 0.6 is 22.9 Å². The number of H-pyrrole nitrogens is 1. The number of thiazole rings is 1. The van der Waals surface area contributed by atoms with Crippen molar-refractivity contribution in [3.8, 4) is 11.5 Å². The Hall–Kier alpha value is -2.96. The van der Waals surface area contributed by atoms with E-state index in [1.165, 1.54) is 11.0 Å². The number of amides is 1. The summed E-state index contributed by atoms with van der Waals surface area (Å²) < 4.78 is 7.57. The number of piperidine rings is 1. The summed E-state index contributed by atoms with van der Waals surface area (Å²) in [6, 6.07) is 1.40. The van der Waals surface area contributed by atoms with Gasteiger partial charge in [0, 0.05) is 32.4 Å². The van der Waals surface area contributed by atoms with Gasteiger partial charge in [-0.1, -0.05) is 29.9 Å². The van der Waals surface area contributed by atoms with Crippen LogP contribution in [0.15, 0.2) is 12.4 Å². The highest BCUT2D eigenvalue weighted by Gasteiger charge is 2.34. The number of aromatic amines is 1. The summed E-state index contributed by atoms with van der Waals surface area (Å²) in [7, 11) is 1.69. The standard InChI is InChI=1S/C21H26ClN7O4S/c1-4-7-33-15-9-29(6-5-13(15)26-19(30)14-8-12(22)11(2)25-14)21-27-16(17(34-21)20(31)32)18-23-10-24-28(18)3/h8,10,13,15,25H,4-7,9H2,1-3H3,(H,26,30)(H,31,32)/t13-,15+/m1/s1. The van der Waals surface area contributed by atoms with Crippen LogP contribution < -0.4 is 10.2 Å². The summed E-state index contributed by atoms with van der Waals surface area (Å²) in [5, 5.41) is 17.9. The van der Waals surface area contributed by atoms with E-state index < -0.39 is 5.97 Å². The molecule has 0 aromatic carbocycles. The molecule has 34 heavy (non-hydrogen) atoms. The van der Waals surface area contributed by atoms with Crippen molar-refractivity contribution >= 4 is 39.9 Å². The molecule has 0 radical (unpaired) electrons. The number of nitrogens with zero attached hydrogens (tertiary/aromatic N) is 5. The van der Waals surface area contributed by atoms with E-state index >= 15 is 0 Å². The second-order valence-corrected chi connectivity index (χ2v) is 9.45. The third-order valence-electron chi connectivity index (χ3n) is 5.61. The minimum Gasteiger partial charge on any atom is -0.477 e. The van der Waals surface area contributed by atoms with E-state index in [-0.39, 0.29) is 28.6 Å². The van der Waals surface area contributed by atoms with Crippen molar-refractivity contribution in [2.24, 2.45) is 7.05 Å². The maximum Gasteiger partial charge on any atom is 0.348 e. The highest BCUT2D eigenvalue weighted by Crippen LogP contribution is 2.34. The Bertz CT molecular complexity index is 1170. The lowest BCUT2D eigenvalue weighted by molar-refractivity contribution is 0.0205. The minimum absolute atomic E-state index is 0.103. The van der Waals surface area contributed by atoms with Crippen LogP contribution in [0.3, 0.4) is 0 Å². The summed E-state index contributed by atoms with van der Waals surface area (Å²) in [5.74, 6) is -0.922. The number of carbonyl (C=O) groups is 2. The molecule has 4 heterocycles. The molecule has 1 saturated heterocycles. The topological polar surface area (TPSA) is 138 Å². The van der Waals surface area contributed by atoms with Crippen molar-refractivity contribution in [1.29, 1.82) is 0 Å². The van der Waals surface area contributed by atoms with Gasteiger partial charge in [-0.25, -0.2) is 19.4 Å². The monoisotopic (exact) mass is 507 g/mol. The number of ether oxygens (including phenoxy) is 1. The lowest BCUT2D eigenvalue weighted by Gasteiger charge is -2.38. The Morgan fingerprint density at radius 1 is 1.44 bits per heavy atom. The first-order chi connectivity index (χ1) is 16.3. The molecular formula is C21H26ClN7O4S. The molecule has 3 aromatic heterocycles. The van der Waals surface area contributed by atoms with Crippen molar-refractivity contribution in [2.75, 3.05) is 24.6 Å². The molecule has 0 aliphatic carbocycles. The number of rotatable bonds is 8. The maximum atomic E-state index is 12.8. The highest BCUT2D eigenvalue weighted by molar-refractivity contribution is 7.17. The summed E-state index contributed by atoms with van der Waals surface area (Å²) in [6.07, 6.45) is 2.51. The second-order valence-electron chi connectivity index (χ2n) is 8.07. The first kappa shape index (κ1) is 24.2. The van der Waals surface area contributed by atoms with Crippen LogP contribution in [0.1, 0.15) is 45.6 Å². The average molecular weight is 508 g/mol. The molecule has 0 unspecified atom stereocenters. The summed E-state index contributed by atoms with van der Waals surface area (Å²) in [4.78, 5) is 38.5. The number of aryl methyl sites for hydroxylation is 2. The molecule has 182 valence electrons. The number of carbonyl (C=O) groups excluding carboxylic acids is 1. The fourth-order valence-corrected chi connectivity index (χ4v) is 4.94. The zero-order valence-electron chi connectivity index (χ0n) is 19.0. The van der Waals surface area contributed by atoms with Crippen molar-refractivity contribution in [3.05, 3.63) is 33.7 Å². The molecule has 3 aromatic rings. The predicted molar refractivity (Wildman–Crippen MR) is 128 cm³/mol. The molecule has 4 rings (SSSR count). The van der Waals surface area contributed by atoms with Crippen LogP contribution in [0, 0.1) is 6.92 Å². The van der Waals surface area contributed by atoms with Crippen LogP contribution in [-0.4, -0.2) is 73.6 Å². The van der Waals surface area contributed by atoms with E-state index in [0.29, 0.717) is 47.8 Å². The van der Waals surface area contributed by atoms with Gasteiger partial charge in [-0.15, -0.1) is 0 Å². The Morgan fingerprint density at radius 2 is 2.24 bits per heavy atom. The number of aromatic carboxylic acids is 1. The van der Waals surface area contributed by atoms with Gasteiger partial charge in [0.05, 0.1) is 17.2 Å². The maximum absolute atomic E-state index is 12.8. The van der Waals surface area contributed by atoms with E-state index in [4.69, 9.17) is 16.3 Å². The van der Waals surface area contributed by atoms with Gasteiger partial charge in [-0.2, -0.15) is 5.10 Å². The Balaban J connectivity index is 1.54. The van der Waals surface area contributed by atoms with Crippen LogP contribution in [0.5, 0.6) is 0 Å². The average Bonchev–Trinajstić information content (AvgIpc) is 3.51. The normalized spacial score (nSPS) is 18.3. The third kappa shape index (κ3) is 4.93. The van der Waals surface area contributed by atoms with Gasteiger partial charge in [0.15, 0.2) is 11.0 Å². The fraction of sp³-hybridized carbons (Fsp3) is 0.476. The van der Waals surface area contributed by atoms with Crippen molar-refractivity contribution in [1.82, 2.24) is 30.0 Å². The Labute approximate surface area is 205 Å². The molecule has 1 aliphatic heterocycles. The first-order valence-electron chi connectivity index (χ1n) is 10.9. The molecule has 0 bridgehead atoms. The molecule has 13 heteroatoms. The molecular weight excluding hydrogens is 482 g/mol. The van der Waals surface area contributed by atoms with Gasteiger partial charge in [-0.05, 0) is 25.8 Å². The van der Waals surface area contributed by atoms with Crippen LogP contribution in [-0.2, 0) is 11.8 Å². The zero-order chi connectivity index (χ0) is 24.4. The smallest absolute Gasteiger partial charge is 0.348 e. The van der Waals surface area contributed by atoms with Crippen molar-refractivity contribution < 1.29 is 19.4 Å². The Kier molecular flexibility index (Phi) is 7.19. The molecule has 1 aliphatic rings. The molecule has 2 atom stereocenters. The van der Waals surface area contributed by atoms with E-state index in [0.717, 1.165) is 23.5 Å². The SMILES string of the molecule is CCCO[C@H]1CN(c2nc(-c3ncnn3C)c(C(=O)O)s2)CC[C@H]1NC(=O)c1cc(Cl)c(C)[nH]1. The van der Waals surface area contributed by atoms with Crippen molar-refractivity contribution in [2.45, 2.75) is 38.8 Å². The predicted octanol–water partition coefficient (Wildman–Crippen LogP) is 2.73. The van der Waals surface area contributed by atoms with Gasteiger partial charge in [-0.3, -0.25) is 4.79 Å². The van der Waals surface area contributed by atoms with Crippen LogP contribution in [0.4, 0.5) is 5.13 Å². The number of hydrogen-bond acceptors (Lipinski definition) is 8. The first-order valence-corrected chi connectivity index (χ1v) is 12.1. The number of anilines is 1. The Morgan fingerprint density at radius 3 is 2.85 bits per heavy atom. The van der Waals surface area contributed by atoms with Gasteiger partial charge < -0.3 is 25.0 Å². The number of nitrogens with one attached hydrogen (secondary N) is 2. The quantitative estimate of drug-likeness (QED) is 0.423. The fourth-order valence-electron chi connectivity index (χ4n) is 3.85. The van der Waals surface area contributed by atoms with Crippen LogP contribution in [0.2, 0.25) is 5.02 Å². The van der Waals surface area contributed by atoms with E-state index in [2.05, 4.69) is 25.4 Å². The van der Waals surface area contributed by atoms with Crippen molar-refractivity contribution in [3.63, 3.8) is 0 Å². The molecule has 0 saturated carbocycles. The molecule has 1 fully saturated rings.